The summed E-state index contributed by atoms with van der Waals surface area (Å²) in [6, 6.07) is 22.0. The van der Waals surface area contributed by atoms with Gasteiger partial charge < -0.3 is 5.32 Å². The molecule has 0 aliphatic heterocycles. The molecule has 4 nitrogen and oxygen atoms in total. The first-order valence-corrected chi connectivity index (χ1v) is 8.03. The van der Waals surface area contributed by atoms with Crippen LogP contribution in [0.25, 0.3) is 0 Å². The van der Waals surface area contributed by atoms with E-state index in [0.29, 0.717) is 16.9 Å². The molecule has 0 aliphatic carbocycles. The van der Waals surface area contributed by atoms with E-state index in [1.165, 1.54) is 6.92 Å². The van der Waals surface area contributed by atoms with Crippen molar-refractivity contribution < 1.29 is 9.59 Å². The molecule has 0 saturated carbocycles. The molecule has 0 spiro atoms. The summed E-state index contributed by atoms with van der Waals surface area (Å²) < 4.78 is 0. The van der Waals surface area contributed by atoms with Crippen LogP contribution in [0.15, 0.2) is 79.0 Å². The van der Waals surface area contributed by atoms with Gasteiger partial charge in [0.1, 0.15) is 5.92 Å². The highest BCUT2D eigenvalue weighted by molar-refractivity contribution is 6.00. The topological polar surface area (TPSA) is 59.1 Å². The Morgan fingerprint density at radius 3 is 2.36 bits per heavy atom. The smallest absolute Gasteiger partial charge is 0.237 e. The number of carbonyl (C=O) groups is 2. The van der Waals surface area contributed by atoms with Crippen LogP contribution in [-0.4, -0.2) is 16.7 Å². The molecule has 0 aliphatic rings. The summed E-state index contributed by atoms with van der Waals surface area (Å²) in [4.78, 5) is 28.8. The average Bonchev–Trinajstić information content (AvgIpc) is 2.64. The van der Waals surface area contributed by atoms with Crippen molar-refractivity contribution in [1.29, 1.82) is 0 Å². The van der Waals surface area contributed by atoms with E-state index in [1.54, 1.807) is 30.5 Å². The van der Waals surface area contributed by atoms with E-state index >= 15 is 0 Å². The van der Waals surface area contributed by atoms with E-state index in [9.17, 15) is 9.59 Å². The standard InChI is InChI=1S/C21H18N2O2/c1-15(24)17-10-7-11-18(14-17)23-21(25)20(16-8-3-2-4-9-16)19-12-5-6-13-22-19/h2-14,20H,1H3,(H,23,25). The van der Waals surface area contributed by atoms with Gasteiger partial charge in [-0.25, -0.2) is 0 Å². The van der Waals surface area contributed by atoms with Crippen LogP contribution in [0.5, 0.6) is 0 Å². The number of pyridine rings is 1. The van der Waals surface area contributed by atoms with E-state index in [2.05, 4.69) is 10.3 Å². The molecule has 1 N–H and O–H groups in total. The van der Waals surface area contributed by atoms with Crippen LogP contribution in [0.4, 0.5) is 5.69 Å². The number of anilines is 1. The zero-order valence-electron chi connectivity index (χ0n) is 13.8. The molecule has 3 aromatic rings. The lowest BCUT2D eigenvalue weighted by Gasteiger charge is -2.17. The predicted molar refractivity (Wildman–Crippen MR) is 97.6 cm³/mol. The van der Waals surface area contributed by atoms with Gasteiger partial charge in [0.15, 0.2) is 5.78 Å². The molecule has 2 aromatic carbocycles. The maximum atomic E-state index is 13.0. The van der Waals surface area contributed by atoms with Crippen molar-refractivity contribution in [2.75, 3.05) is 5.32 Å². The van der Waals surface area contributed by atoms with Gasteiger partial charge in [0, 0.05) is 17.4 Å². The van der Waals surface area contributed by atoms with Crippen LogP contribution in [0.3, 0.4) is 0 Å². The molecule has 0 saturated heterocycles. The van der Waals surface area contributed by atoms with Gasteiger partial charge in [-0.3, -0.25) is 14.6 Å². The largest absolute Gasteiger partial charge is 0.325 e. The second-order valence-corrected chi connectivity index (χ2v) is 5.72. The molecule has 124 valence electrons. The molecule has 1 atom stereocenters. The van der Waals surface area contributed by atoms with Crippen molar-refractivity contribution in [3.05, 3.63) is 95.8 Å². The highest BCUT2D eigenvalue weighted by atomic mass is 16.2. The second kappa shape index (κ2) is 7.53. The number of rotatable bonds is 5. The van der Waals surface area contributed by atoms with Crippen molar-refractivity contribution in [3.63, 3.8) is 0 Å². The van der Waals surface area contributed by atoms with Crippen LogP contribution in [-0.2, 0) is 4.79 Å². The number of nitrogens with one attached hydrogen (secondary N) is 1. The third-order valence-corrected chi connectivity index (χ3v) is 3.92. The van der Waals surface area contributed by atoms with Gasteiger partial charge in [0.25, 0.3) is 0 Å². The van der Waals surface area contributed by atoms with Crippen LogP contribution in [0.2, 0.25) is 0 Å². The van der Waals surface area contributed by atoms with Gasteiger partial charge >= 0.3 is 0 Å². The molecule has 1 heterocycles. The minimum atomic E-state index is -0.525. The number of ketones is 1. The van der Waals surface area contributed by atoms with Crippen LogP contribution in [0, 0.1) is 0 Å². The molecule has 0 bridgehead atoms. The van der Waals surface area contributed by atoms with Crippen molar-refractivity contribution >= 4 is 17.4 Å². The summed E-state index contributed by atoms with van der Waals surface area (Å²) >= 11 is 0. The molecular formula is C21H18N2O2. The quantitative estimate of drug-likeness (QED) is 0.718. The monoisotopic (exact) mass is 330 g/mol. The lowest BCUT2D eigenvalue weighted by molar-refractivity contribution is -0.116. The number of aromatic nitrogens is 1. The summed E-state index contributed by atoms with van der Waals surface area (Å²) in [5, 5.41) is 2.90. The fraction of sp³-hybridized carbons (Fsp3) is 0.0952. The van der Waals surface area contributed by atoms with Gasteiger partial charge in [-0.1, -0.05) is 48.5 Å². The molecule has 0 fully saturated rings. The first-order chi connectivity index (χ1) is 12.1. The van der Waals surface area contributed by atoms with Crippen LogP contribution in [0.1, 0.15) is 34.5 Å². The van der Waals surface area contributed by atoms with Crippen LogP contribution < -0.4 is 5.32 Å². The third kappa shape index (κ3) is 3.98. The molecule has 3 rings (SSSR count). The van der Waals surface area contributed by atoms with Gasteiger partial charge in [-0.15, -0.1) is 0 Å². The zero-order valence-corrected chi connectivity index (χ0v) is 13.8. The Morgan fingerprint density at radius 2 is 1.68 bits per heavy atom. The highest BCUT2D eigenvalue weighted by Gasteiger charge is 2.24. The van der Waals surface area contributed by atoms with Crippen molar-refractivity contribution in [1.82, 2.24) is 4.98 Å². The van der Waals surface area contributed by atoms with E-state index in [1.807, 2.05) is 48.5 Å². The van der Waals surface area contributed by atoms with E-state index in [4.69, 9.17) is 0 Å². The summed E-state index contributed by atoms with van der Waals surface area (Å²) in [6.07, 6.45) is 1.68. The summed E-state index contributed by atoms with van der Waals surface area (Å²) in [5.41, 5.74) is 2.69. The Balaban J connectivity index is 1.93. The maximum absolute atomic E-state index is 13.0. The van der Waals surface area contributed by atoms with Crippen molar-refractivity contribution in [2.24, 2.45) is 0 Å². The Morgan fingerprint density at radius 1 is 0.920 bits per heavy atom. The summed E-state index contributed by atoms with van der Waals surface area (Å²) in [5.74, 6) is -0.755. The number of benzene rings is 2. The Labute approximate surface area is 146 Å². The minimum Gasteiger partial charge on any atom is -0.325 e. The fourth-order valence-corrected chi connectivity index (χ4v) is 2.68. The Bertz CT molecular complexity index is 837. The molecule has 25 heavy (non-hydrogen) atoms. The third-order valence-electron chi connectivity index (χ3n) is 3.92. The number of carbonyl (C=O) groups excluding carboxylic acids is 2. The van der Waals surface area contributed by atoms with Crippen LogP contribution >= 0.6 is 0 Å². The zero-order chi connectivity index (χ0) is 17.6. The summed E-state index contributed by atoms with van der Waals surface area (Å²) in [7, 11) is 0. The normalized spacial score (nSPS) is 11.6. The number of hydrogen-bond acceptors (Lipinski definition) is 3. The van der Waals surface area contributed by atoms with E-state index in [0.717, 1.165) is 5.56 Å². The minimum absolute atomic E-state index is 0.0413. The van der Waals surface area contributed by atoms with E-state index < -0.39 is 5.92 Å². The molecule has 4 heteroatoms. The first kappa shape index (κ1) is 16.6. The lowest BCUT2D eigenvalue weighted by atomic mass is 9.94. The number of amides is 1. The predicted octanol–water partition coefficient (Wildman–Crippen LogP) is 4.05. The Kier molecular flexibility index (Phi) is 5.00. The van der Waals surface area contributed by atoms with Gasteiger partial charge in [0.05, 0.1) is 5.69 Å². The fourth-order valence-electron chi connectivity index (χ4n) is 2.68. The van der Waals surface area contributed by atoms with E-state index in [-0.39, 0.29) is 11.7 Å². The van der Waals surface area contributed by atoms with Crippen molar-refractivity contribution in [2.45, 2.75) is 12.8 Å². The van der Waals surface area contributed by atoms with Gasteiger partial charge in [-0.05, 0) is 36.8 Å². The molecule has 1 amide bonds. The molecule has 0 radical (unpaired) electrons. The number of nitrogens with zero attached hydrogens (tertiary/aromatic N) is 1. The van der Waals surface area contributed by atoms with Gasteiger partial charge in [-0.2, -0.15) is 0 Å². The number of Topliss-reactive ketones (excluding diaryl/α,β-unsaturated/α-hetero) is 1. The number of hydrogen-bond donors (Lipinski definition) is 1. The molecular weight excluding hydrogens is 312 g/mol. The second-order valence-electron chi connectivity index (χ2n) is 5.72. The molecule has 1 aromatic heterocycles. The highest BCUT2D eigenvalue weighted by Crippen LogP contribution is 2.25. The molecule has 1 unspecified atom stereocenters. The lowest BCUT2D eigenvalue weighted by Crippen LogP contribution is -2.23. The maximum Gasteiger partial charge on any atom is 0.237 e. The Hall–Kier alpha value is -3.27. The average molecular weight is 330 g/mol. The summed E-state index contributed by atoms with van der Waals surface area (Å²) in [6.45, 7) is 1.50. The first-order valence-electron chi connectivity index (χ1n) is 8.03. The van der Waals surface area contributed by atoms with Gasteiger partial charge in [0.2, 0.25) is 5.91 Å². The van der Waals surface area contributed by atoms with Crippen molar-refractivity contribution in [3.8, 4) is 0 Å². The SMILES string of the molecule is CC(=O)c1cccc(NC(=O)C(c2ccccc2)c2ccccn2)c1.